The fourth-order valence-electron chi connectivity index (χ4n) is 4.42. The van der Waals surface area contributed by atoms with Crippen molar-refractivity contribution in [2.45, 2.75) is 39.5 Å². The van der Waals surface area contributed by atoms with Crippen LogP contribution in [-0.2, 0) is 11.2 Å². The minimum absolute atomic E-state index is 0.00284. The number of fused-ring (bicyclic) bond motifs is 1. The van der Waals surface area contributed by atoms with Crippen LogP contribution in [0.3, 0.4) is 0 Å². The first-order valence-electron chi connectivity index (χ1n) is 13.3. The Morgan fingerprint density at radius 1 is 1.02 bits per heavy atom. The smallest absolute Gasteiger partial charge is 0.315 e. The van der Waals surface area contributed by atoms with Crippen LogP contribution in [0, 0.1) is 17.2 Å². The SMILES string of the molecule is CCOc1cc(C2C(C#N)=C(N)Oc3cc(OC(=O)Cc4ccc(OC)cc4)ccc32)ccc1OCCC(C)C. The predicted molar refractivity (Wildman–Crippen MR) is 151 cm³/mol. The summed E-state index contributed by atoms with van der Waals surface area (Å²) in [6.07, 6.45) is 1.02. The Kier molecular flexibility index (Phi) is 9.18. The second-order valence-corrected chi connectivity index (χ2v) is 9.79. The highest BCUT2D eigenvalue weighted by Crippen LogP contribution is 2.45. The molecule has 8 heteroatoms. The lowest BCUT2D eigenvalue weighted by atomic mass is 9.83. The van der Waals surface area contributed by atoms with Gasteiger partial charge in [0.1, 0.15) is 28.9 Å². The van der Waals surface area contributed by atoms with Crippen molar-refractivity contribution in [1.29, 1.82) is 5.26 Å². The molecule has 0 saturated heterocycles. The van der Waals surface area contributed by atoms with Crippen LogP contribution in [-0.4, -0.2) is 26.3 Å². The number of nitriles is 1. The third-order valence-electron chi connectivity index (χ3n) is 6.48. The van der Waals surface area contributed by atoms with E-state index >= 15 is 0 Å². The Labute approximate surface area is 234 Å². The molecule has 0 fully saturated rings. The second-order valence-electron chi connectivity index (χ2n) is 9.79. The summed E-state index contributed by atoms with van der Waals surface area (Å²) in [5.41, 5.74) is 8.79. The van der Waals surface area contributed by atoms with Crippen molar-refractivity contribution in [2.24, 2.45) is 11.7 Å². The number of rotatable bonds is 11. The van der Waals surface area contributed by atoms with Gasteiger partial charge in [0.25, 0.3) is 0 Å². The van der Waals surface area contributed by atoms with E-state index in [4.69, 9.17) is 29.4 Å². The number of benzene rings is 3. The van der Waals surface area contributed by atoms with E-state index in [2.05, 4.69) is 19.9 Å². The summed E-state index contributed by atoms with van der Waals surface area (Å²) in [5, 5.41) is 9.96. The van der Waals surface area contributed by atoms with E-state index in [1.54, 1.807) is 37.4 Å². The first kappa shape index (κ1) is 28.4. The zero-order valence-corrected chi connectivity index (χ0v) is 23.2. The van der Waals surface area contributed by atoms with Crippen LogP contribution in [0.15, 0.2) is 72.1 Å². The average molecular weight is 543 g/mol. The summed E-state index contributed by atoms with van der Waals surface area (Å²) in [6, 6.07) is 20.1. The lowest BCUT2D eigenvalue weighted by Crippen LogP contribution is -2.21. The monoisotopic (exact) mass is 542 g/mol. The van der Waals surface area contributed by atoms with Crippen molar-refractivity contribution in [3.8, 4) is 34.8 Å². The zero-order valence-electron chi connectivity index (χ0n) is 23.2. The van der Waals surface area contributed by atoms with Crippen LogP contribution in [0.25, 0.3) is 0 Å². The molecule has 4 rings (SSSR count). The summed E-state index contributed by atoms with van der Waals surface area (Å²) in [4.78, 5) is 12.6. The Hall–Kier alpha value is -4.64. The number of carbonyl (C=O) groups is 1. The van der Waals surface area contributed by atoms with E-state index in [9.17, 15) is 10.1 Å². The van der Waals surface area contributed by atoms with E-state index in [1.165, 1.54) is 0 Å². The van der Waals surface area contributed by atoms with Crippen molar-refractivity contribution in [3.63, 3.8) is 0 Å². The topological polar surface area (TPSA) is 113 Å². The van der Waals surface area contributed by atoms with Crippen LogP contribution in [0.4, 0.5) is 0 Å². The van der Waals surface area contributed by atoms with Gasteiger partial charge >= 0.3 is 5.97 Å². The van der Waals surface area contributed by atoms with E-state index < -0.39 is 11.9 Å². The van der Waals surface area contributed by atoms with Gasteiger partial charge in [0.2, 0.25) is 5.88 Å². The van der Waals surface area contributed by atoms with Crippen molar-refractivity contribution < 1.29 is 28.5 Å². The van der Waals surface area contributed by atoms with Gasteiger partial charge in [-0.1, -0.05) is 38.1 Å². The van der Waals surface area contributed by atoms with Crippen LogP contribution in [0.1, 0.15) is 49.8 Å². The molecule has 1 heterocycles. The molecule has 208 valence electrons. The zero-order chi connectivity index (χ0) is 28.6. The van der Waals surface area contributed by atoms with Crippen LogP contribution < -0.4 is 29.4 Å². The maximum Gasteiger partial charge on any atom is 0.315 e. The average Bonchev–Trinajstić information content (AvgIpc) is 2.93. The van der Waals surface area contributed by atoms with E-state index in [0.29, 0.717) is 47.9 Å². The van der Waals surface area contributed by atoms with Crippen LogP contribution >= 0.6 is 0 Å². The minimum Gasteiger partial charge on any atom is -0.497 e. The number of ether oxygens (including phenoxy) is 5. The Balaban J connectivity index is 1.59. The van der Waals surface area contributed by atoms with Gasteiger partial charge in [-0.05, 0) is 60.7 Å². The molecule has 0 bridgehead atoms. The number of methoxy groups -OCH3 is 1. The molecule has 8 nitrogen and oxygen atoms in total. The predicted octanol–water partition coefficient (Wildman–Crippen LogP) is 5.89. The third kappa shape index (κ3) is 6.67. The summed E-state index contributed by atoms with van der Waals surface area (Å²) >= 11 is 0. The molecule has 1 unspecified atom stereocenters. The van der Waals surface area contributed by atoms with Crippen LogP contribution in [0.5, 0.6) is 28.7 Å². The van der Waals surface area contributed by atoms with Gasteiger partial charge in [-0.25, -0.2) is 0 Å². The highest BCUT2D eigenvalue weighted by Gasteiger charge is 2.32. The quantitative estimate of drug-likeness (QED) is 0.236. The fourth-order valence-corrected chi connectivity index (χ4v) is 4.42. The maximum atomic E-state index is 12.6. The molecule has 2 N–H and O–H groups in total. The number of hydrogen-bond acceptors (Lipinski definition) is 8. The molecule has 0 aliphatic carbocycles. The largest absolute Gasteiger partial charge is 0.497 e. The maximum absolute atomic E-state index is 12.6. The number of allylic oxidation sites excluding steroid dienone is 1. The highest BCUT2D eigenvalue weighted by molar-refractivity contribution is 5.75. The molecular formula is C32H34N2O6. The number of nitrogens with two attached hydrogens (primary N) is 1. The van der Waals surface area contributed by atoms with Crippen molar-refractivity contribution in [1.82, 2.24) is 0 Å². The first-order chi connectivity index (χ1) is 19.3. The molecular weight excluding hydrogens is 508 g/mol. The second kappa shape index (κ2) is 12.9. The molecule has 1 aliphatic heterocycles. The molecule has 3 aromatic carbocycles. The van der Waals surface area contributed by atoms with Crippen molar-refractivity contribution in [3.05, 3.63) is 88.8 Å². The third-order valence-corrected chi connectivity index (χ3v) is 6.48. The molecule has 1 atom stereocenters. The van der Waals surface area contributed by atoms with Gasteiger partial charge < -0.3 is 29.4 Å². The molecule has 0 amide bonds. The van der Waals surface area contributed by atoms with Crippen molar-refractivity contribution in [2.75, 3.05) is 20.3 Å². The van der Waals surface area contributed by atoms with Crippen molar-refractivity contribution >= 4 is 5.97 Å². The van der Waals surface area contributed by atoms with Gasteiger partial charge in [0, 0.05) is 11.6 Å². The number of hydrogen-bond donors (Lipinski definition) is 1. The van der Waals surface area contributed by atoms with E-state index in [-0.39, 0.29) is 17.9 Å². The summed E-state index contributed by atoms with van der Waals surface area (Å²) in [7, 11) is 1.59. The number of nitrogens with zero attached hydrogens (tertiary/aromatic N) is 1. The normalized spacial score (nSPS) is 14.2. The molecule has 0 radical (unpaired) electrons. The Bertz CT molecular complexity index is 1420. The summed E-state index contributed by atoms with van der Waals surface area (Å²) in [6.45, 7) is 7.23. The van der Waals surface area contributed by atoms with Gasteiger partial charge in [-0.15, -0.1) is 0 Å². The van der Waals surface area contributed by atoms with Gasteiger partial charge in [-0.3, -0.25) is 4.79 Å². The number of esters is 1. The Morgan fingerprint density at radius 2 is 1.77 bits per heavy atom. The standard InChI is InChI=1S/C32H34N2O6/c1-5-37-29-17-22(8-13-27(29)38-15-14-20(2)3)31-25-12-11-24(18-28(25)40-32(34)26(31)19-33)39-30(35)16-21-6-9-23(36-4)10-7-21/h6-13,17-18,20,31H,5,14-16,34H2,1-4H3. The van der Waals surface area contributed by atoms with Gasteiger partial charge in [0.15, 0.2) is 11.5 Å². The van der Waals surface area contributed by atoms with E-state index in [0.717, 1.165) is 23.1 Å². The molecule has 1 aliphatic rings. The fraction of sp³-hybridized carbons (Fsp3) is 0.312. The number of carbonyl (C=O) groups excluding carboxylic acids is 1. The Morgan fingerprint density at radius 3 is 2.45 bits per heavy atom. The van der Waals surface area contributed by atoms with Gasteiger partial charge in [0.05, 0.1) is 32.7 Å². The molecule has 0 aromatic heterocycles. The first-order valence-corrected chi connectivity index (χ1v) is 13.3. The highest BCUT2D eigenvalue weighted by atomic mass is 16.5. The lowest BCUT2D eigenvalue weighted by Gasteiger charge is -2.27. The molecule has 0 spiro atoms. The molecule has 0 saturated carbocycles. The van der Waals surface area contributed by atoms with Gasteiger partial charge in [-0.2, -0.15) is 5.26 Å². The minimum atomic E-state index is -0.498. The van der Waals surface area contributed by atoms with Crippen LogP contribution in [0.2, 0.25) is 0 Å². The lowest BCUT2D eigenvalue weighted by molar-refractivity contribution is -0.133. The molecule has 3 aromatic rings. The summed E-state index contributed by atoms with van der Waals surface area (Å²) < 4.78 is 28.4. The summed E-state index contributed by atoms with van der Waals surface area (Å²) in [5.74, 6) is 2.27. The molecule has 40 heavy (non-hydrogen) atoms. The van der Waals surface area contributed by atoms with E-state index in [1.807, 2.05) is 37.3 Å².